The number of H-pyrrole nitrogens is 1. The van der Waals surface area contributed by atoms with Gasteiger partial charge in [0, 0.05) is 25.4 Å². The van der Waals surface area contributed by atoms with Crippen molar-refractivity contribution in [3.8, 4) is 0 Å². The Kier molecular flexibility index (Phi) is 4.54. The molecule has 0 saturated carbocycles. The van der Waals surface area contributed by atoms with Crippen molar-refractivity contribution >= 4 is 29.0 Å². The number of carbonyl (C=O) groups is 1. The third-order valence-corrected chi connectivity index (χ3v) is 3.54. The molecule has 0 spiro atoms. The van der Waals surface area contributed by atoms with Crippen LogP contribution in [-0.2, 0) is 4.74 Å². The van der Waals surface area contributed by atoms with Crippen LogP contribution in [-0.4, -0.2) is 52.3 Å². The van der Waals surface area contributed by atoms with Crippen molar-refractivity contribution in [2.45, 2.75) is 0 Å². The zero-order valence-corrected chi connectivity index (χ0v) is 12.8. The van der Waals surface area contributed by atoms with Crippen LogP contribution >= 0.6 is 11.6 Å². The molecule has 9 heteroatoms. The Balaban J connectivity index is 1.73. The second-order valence-electron chi connectivity index (χ2n) is 4.90. The predicted molar refractivity (Wildman–Crippen MR) is 84.1 cm³/mol. The number of ether oxygens (including phenoxy) is 1. The van der Waals surface area contributed by atoms with Gasteiger partial charge in [-0.25, -0.2) is 10.1 Å². The van der Waals surface area contributed by atoms with Crippen LogP contribution in [0.4, 0.5) is 11.5 Å². The summed E-state index contributed by atoms with van der Waals surface area (Å²) in [5, 5.41) is 8.83. The third-order valence-electron chi connectivity index (χ3n) is 3.34. The molecule has 0 aliphatic carbocycles. The van der Waals surface area contributed by atoms with E-state index < -0.39 is 5.56 Å². The van der Waals surface area contributed by atoms with E-state index in [9.17, 15) is 9.59 Å². The van der Waals surface area contributed by atoms with Crippen LogP contribution < -0.4 is 10.9 Å². The number of hydrogen-bond acceptors (Lipinski definition) is 6. The third kappa shape index (κ3) is 3.66. The number of amides is 1. The van der Waals surface area contributed by atoms with Crippen LogP contribution in [0.5, 0.6) is 0 Å². The van der Waals surface area contributed by atoms with E-state index in [1.54, 1.807) is 17.0 Å². The molecule has 1 amide bonds. The number of aromatic amines is 1. The minimum atomic E-state index is -0.412. The average molecular weight is 336 g/mol. The number of pyridine rings is 1. The first-order valence-corrected chi connectivity index (χ1v) is 7.36. The fraction of sp³-hybridized carbons (Fsp3) is 0.286. The summed E-state index contributed by atoms with van der Waals surface area (Å²) in [7, 11) is 0. The molecule has 1 fully saturated rings. The van der Waals surface area contributed by atoms with E-state index >= 15 is 0 Å². The molecule has 8 nitrogen and oxygen atoms in total. The molecule has 0 atom stereocenters. The van der Waals surface area contributed by atoms with E-state index in [2.05, 4.69) is 20.5 Å². The smallest absolute Gasteiger partial charge is 0.287 e. The number of rotatable bonds is 3. The molecule has 1 aliphatic rings. The van der Waals surface area contributed by atoms with Crippen molar-refractivity contribution < 1.29 is 9.53 Å². The van der Waals surface area contributed by atoms with Crippen molar-refractivity contribution in [2.24, 2.45) is 0 Å². The molecule has 2 aromatic heterocycles. The molecule has 0 radical (unpaired) electrons. The SMILES string of the molecule is O=C(c1ccc(Nc2cc(Cl)n[nH]c2=O)nc1)N1CCOCC1. The second kappa shape index (κ2) is 6.76. The number of carbonyl (C=O) groups excluding carboxylic acids is 1. The fourth-order valence-corrected chi connectivity index (χ4v) is 2.31. The summed E-state index contributed by atoms with van der Waals surface area (Å²) in [6.07, 6.45) is 1.47. The molecular formula is C14H14ClN5O3. The average Bonchev–Trinajstić information content (AvgIpc) is 2.59. The highest BCUT2D eigenvalue weighted by Crippen LogP contribution is 2.14. The van der Waals surface area contributed by atoms with Gasteiger partial charge < -0.3 is 15.0 Å². The first-order chi connectivity index (χ1) is 11.1. The monoisotopic (exact) mass is 335 g/mol. The number of nitrogens with one attached hydrogen (secondary N) is 2. The van der Waals surface area contributed by atoms with E-state index in [1.807, 2.05) is 0 Å². The van der Waals surface area contributed by atoms with Crippen LogP contribution in [0, 0.1) is 0 Å². The number of aromatic nitrogens is 3. The van der Waals surface area contributed by atoms with Gasteiger partial charge in [-0.2, -0.15) is 5.10 Å². The second-order valence-corrected chi connectivity index (χ2v) is 5.28. The van der Waals surface area contributed by atoms with Crippen LogP contribution in [0.3, 0.4) is 0 Å². The molecule has 1 aliphatic heterocycles. The van der Waals surface area contributed by atoms with E-state index in [0.29, 0.717) is 37.7 Å². The van der Waals surface area contributed by atoms with Gasteiger partial charge in [0.25, 0.3) is 11.5 Å². The highest BCUT2D eigenvalue weighted by Gasteiger charge is 2.18. The Hall–Kier alpha value is -2.45. The van der Waals surface area contributed by atoms with Crippen LogP contribution in [0.25, 0.3) is 0 Å². The summed E-state index contributed by atoms with van der Waals surface area (Å²) in [4.78, 5) is 29.8. The number of morpholine rings is 1. The summed E-state index contributed by atoms with van der Waals surface area (Å²) in [5.74, 6) is 0.341. The minimum absolute atomic E-state index is 0.0860. The van der Waals surface area contributed by atoms with Gasteiger partial charge in [0.15, 0.2) is 5.15 Å². The van der Waals surface area contributed by atoms with E-state index in [1.165, 1.54) is 12.3 Å². The number of anilines is 2. The molecule has 3 rings (SSSR count). The fourth-order valence-electron chi connectivity index (χ4n) is 2.16. The molecule has 23 heavy (non-hydrogen) atoms. The highest BCUT2D eigenvalue weighted by molar-refractivity contribution is 6.29. The molecule has 0 aromatic carbocycles. The lowest BCUT2D eigenvalue weighted by molar-refractivity contribution is 0.0302. The lowest BCUT2D eigenvalue weighted by Crippen LogP contribution is -2.40. The summed E-state index contributed by atoms with van der Waals surface area (Å²) < 4.78 is 5.22. The Morgan fingerprint density at radius 2 is 2.13 bits per heavy atom. The van der Waals surface area contributed by atoms with Crippen molar-refractivity contribution in [2.75, 3.05) is 31.6 Å². The molecule has 1 saturated heterocycles. The Labute approximate surface area is 136 Å². The van der Waals surface area contributed by atoms with Crippen molar-refractivity contribution in [1.82, 2.24) is 20.1 Å². The van der Waals surface area contributed by atoms with Gasteiger partial charge in [-0.1, -0.05) is 11.6 Å². The van der Waals surface area contributed by atoms with Crippen LogP contribution in [0.1, 0.15) is 10.4 Å². The predicted octanol–water partition coefficient (Wildman–Crippen LogP) is 1.03. The Bertz CT molecular complexity index is 756. The van der Waals surface area contributed by atoms with Crippen LogP contribution in [0.2, 0.25) is 5.15 Å². The van der Waals surface area contributed by atoms with Gasteiger partial charge in [0.1, 0.15) is 11.5 Å². The topological polar surface area (TPSA) is 100 Å². The molecule has 0 bridgehead atoms. The van der Waals surface area contributed by atoms with Crippen molar-refractivity contribution in [1.29, 1.82) is 0 Å². The molecule has 3 heterocycles. The molecule has 2 aromatic rings. The van der Waals surface area contributed by atoms with Gasteiger partial charge in [0.2, 0.25) is 0 Å². The minimum Gasteiger partial charge on any atom is -0.378 e. The normalized spacial score (nSPS) is 14.6. The van der Waals surface area contributed by atoms with Gasteiger partial charge in [-0.3, -0.25) is 9.59 Å². The molecular weight excluding hydrogens is 322 g/mol. The van der Waals surface area contributed by atoms with Gasteiger partial charge in [0.05, 0.1) is 18.8 Å². The lowest BCUT2D eigenvalue weighted by Gasteiger charge is -2.26. The summed E-state index contributed by atoms with van der Waals surface area (Å²) in [6.45, 7) is 2.24. The largest absolute Gasteiger partial charge is 0.378 e. The van der Waals surface area contributed by atoms with Gasteiger partial charge in [-0.05, 0) is 12.1 Å². The maximum atomic E-state index is 12.3. The molecule has 2 N–H and O–H groups in total. The van der Waals surface area contributed by atoms with Crippen LogP contribution in [0.15, 0.2) is 29.2 Å². The summed E-state index contributed by atoms with van der Waals surface area (Å²) >= 11 is 5.73. The highest BCUT2D eigenvalue weighted by atomic mass is 35.5. The maximum absolute atomic E-state index is 12.3. The van der Waals surface area contributed by atoms with Crippen molar-refractivity contribution in [3.05, 3.63) is 45.5 Å². The lowest BCUT2D eigenvalue weighted by atomic mass is 10.2. The zero-order valence-electron chi connectivity index (χ0n) is 12.1. The summed E-state index contributed by atoms with van der Waals surface area (Å²) in [6, 6.07) is 4.68. The Morgan fingerprint density at radius 1 is 1.35 bits per heavy atom. The Morgan fingerprint density at radius 3 is 2.83 bits per heavy atom. The standard InChI is InChI=1S/C14H14ClN5O3/c15-11-7-10(13(21)19-18-11)17-12-2-1-9(8-16-12)14(22)20-3-5-23-6-4-20/h1-2,7-8H,3-6H2,(H,19,21)(H,16,17,18). The van der Waals surface area contributed by atoms with E-state index in [-0.39, 0.29) is 16.7 Å². The molecule has 120 valence electrons. The maximum Gasteiger partial charge on any atom is 0.287 e. The number of halogens is 1. The first-order valence-electron chi connectivity index (χ1n) is 6.99. The van der Waals surface area contributed by atoms with Gasteiger partial charge >= 0.3 is 0 Å². The first kappa shape index (κ1) is 15.4. The number of nitrogens with zero attached hydrogens (tertiary/aromatic N) is 3. The zero-order chi connectivity index (χ0) is 16.2. The van der Waals surface area contributed by atoms with Crippen molar-refractivity contribution in [3.63, 3.8) is 0 Å². The number of hydrogen-bond donors (Lipinski definition) is 2. The molecule has 0 unspecified atom stereocenters. The van der Waals surface area contributed by atoms with E-state index in [4.69, 9.17) is 16.3 Å². The van der Waals surface area contributed by atoms with Gasteiger partial charge in [-0.15, -0.1) is 0 Å². The summed E-state index contributed by atoms with van der Waals surface area (Å²) in [5.41, 5.74) is 0.300. The van der Waals surface area contributed by atoms with E-state index in [0.717, 1.165) is 0 Å². The quantitative estimate of drug-likeness (QED) is 0.869.